The summed E-state index contributed by atoms with van der Waals surface area (Å²) in [6.45, 7) is 6.62. The quantitative estimate of drug-likeness (QED) is 0.262. The molecule has 0 aromatic rings. The fourth-order valence-corrected chi connectivity index (χ4v) is 2.91. The van der Waals surface area contributed by atoms with Crippen LogP contribution in [0, 0.1) is 0 Å². The van der Waals surface area contributed by atoms with Crippen LogP contribution in [0.4, 0.5) is 0 Å². The van der Waals surface area contributed by atoms with Crippen molar-refractivity contribution in [2.45, 2.75) is 109 Å². The van der Waals surface area contributed by atoms with Crippen molar-refractivity contribution < 1.29 is 4.74 Å². The molecule has 0 bridgehead atoms. The zero-order valence-electron chi connectivity index (χ0n) is 15.1. The molecule has 22 heavy (non-hydrogen) atoms. The summed E-state index contributed by atoms with van der Waals surface area (Å²) in [5, 5.41) is 3.56. The van der Waals surface area contributed by atoms with E-state index in [1.165, 1.54) is 83.5 Å². The van der Waals surface area contributed by atoms with E-state index >= 15 is 0 Å². The molecule has 1 heterocycles. The van der Waals surface area contributed by atoms with E-state index in [1.54, 1.807) is 0 Å². The number of nitrogens with one attached hydrogen (secondary N) is 1. The van der Waals surface area contributed by atoms with Gasteiger partial charge >= 0.3 is 0 Å². The Bertz CT molecular complexity index is 221. The highest BCUT2D eigenvalue weighted by Crippen LogP contribution is 2.13. The number of ether oxygens (including phenoxy) is 1. The highest BCUT2D eigenvalue weighted by atomic mass is 79.9. The van der Waals surface area contributed by atoms with Crippen LogP contribution in [0.2, 0.25) is 0 Å². The van der Waals surface area contributed by atoms with E-state index in [-0.39, 0.29) is 17.0 Å². The van der Waals surface area contributed by atoms with Crippen LogP contribution in [0.3, 0.4) is 0 Å². The second kappa shape index (κ2) is 16.3. The molecule has 1 N–H and O–H groups in total. The first-order valence-corrected chi connectivity index (χ1v) is 9.68. The number of hydrogen-bond donors (Lipinski definition) is 1. The number of hydrogen-bond acceptors (Lipinski definition) is 2. The van der Waals surface area contributed by atoms with Crippen molar-refractivity contribution in [2.24, 2.45) is 0 Å². The molecule has 0 aromatic heterocycles. The molecule has 0 spiro atoms. The molecule has 1 saturated heterocycles. The van der Waals surface area contributed by atoms with Crippen LogP contribution in [0.25, 0.3) is 0 Å². The van der Waals surface area contributed by atoms with Gasteiger partial charge in [0.15, 0.2) is 0 Å². The maximum Gasteiger partial charge on any atom is 0.0934 e. The standard InChI is InChI=1S/C19H39NO.BrH/c1-3-4-5-6-7-8-9-10-11-12-13-14-15-18(2)20-16-19-17-21-19;/h18-20H,3-17H2,1-2H3;1H. The zero-order valence-corrected chi connectivity index (χ0v) is 16.8. The van der Waals surface area contributed by atoms with Gasteiger partial charge in [-0.05, 0) is 13.3 Å². The number of unbranched alkanes of at least 4 members (excludes halogenated alkanes) is 11. The van der Waals surface area contributed by atoms with Crippen molar-refractivity contribution >= 4 is 17.0 Å². The summed E-state index contributed by atoms with van der Waals surface area (Å²) >= 11 is 0. The lowest BCUT2D eigenvalue weighted by atomic mass is 10.0. The Morgan fingerprint density at radius 2 is 1.32 bits per heavy atom. The monoisotopic (exact) mass is 377 g/mol. The number of rotatable bonds is 16. The molecule has 2 atom stereocenters. The van der Waals surface area contributed by atoms with Crippen LogP contribution in [0.1, 0.15) is 97.3 Å². The predicted molar refractivity (Wildman–Crippen MR) is 103 cm³/mol. The lowest BCUT2D eigenvalue weighted by Gasteiger charge is -2.12. The Kier molecular flexibility index (Phi) is 16.6. The summed E-state index contributed by atoms with van der Waals surface area (Å²) in [6.07, 6.45) is 19.1. The largest absolute Gasteiger partial charge is 0.372 e. The highest BCUT2D eigenvalue weighted by molar-refractivity contribution is 8.93. The van der Waals surface area contributed by atoms with Gasteiger partial charge in [-0.25, -0.2) is 0 Å². The van der Waals surface area contributed by atoms with Crippen LogP contribution in [-0.2, 0) is 4.74 Å². The van der Waals surface area contributed by atoms with E-state index in [2.05, 4.69) is 19.2 Å². The molecule has 1 aliphatic heterocycles. The molecule has 1 rings (SSSR count). The Morgan fingerprint density at radius 1 is 0.864 bits per heavy atom. The number of epoxide rings is 1. The zero-order chi connectivity index (χ0) is 15.2. The van der Waals surface area contributed by atoms with Crippen molar-refractivity contribution in [3.05, 3.63) is 0 Å². The smallest absolute Gasteiger partial charge is 0.0934 e. The Balaban J connectivity index is 0.00000441. The first-order valence-electron chi connectivity index (χ1n) is 9.68. The van der Waals surface area contributed by atoms with Gasteiger partial charge in [-0.3, -0.25) is 0 Å². The van der Waals surface area contributed by atoms with Gasteiger partial charge in [-0.15, -0.1) is 17.0 Å². The molecule has 0 amide bonds. The molecule has 3 heteroatoms. The van der Waals surface area contributed by atoms with Gasteiger partial charge in [0.05, 0.1) is 12.7 Å². The highest BCUT2D eigenvalue weighted by Gasteiger charge is 2.22. The molecule has 1 fully saturated rings. The first-order chi connectivity index (χ1) is 10.3. The molecule has 0 radical (unpaired) electrons. The van der Waals surface area contributed by atoms with Crippen LogP contribution in [0.15, 0.2) is 0 Å². The van der Waals surface area contributed by atoms with Crippen LogP contribution >= 0.6 is 17.0 Å². The van der Waals surface area contributed by atoms with Crippen molar-refractivity contribution in [2.75, 3.05) is 13.2 Å². The molecular weight excluding hydrogens is 338 g/mol. The fourth-order valence-electron chi connectivity index (χ4n) is 2.91. The average molecular weight is 378 g/mol. The lowest BCUT2D eigenvalue weighted by Crippen LogP contribution is -2.29. The van der Waals surface area contributed by atoms with Gasteiger partial charge in [0.1, 0.15) is 0 Å². The summed E-state index contributed by atoms with van der Waals surface area (Å²) in [5.41, 5.74) is 0. The lowest BCUT2D eigenvalue weighted by molar-refractivity contribution is 0.379. The van der Waals surface area contributed by atoms with E-state index in [0.717, 1.165) is 13.2 Å². The Labute approximate surface area is 149 Å². The van der Waals surface area contributed by atoms with Crippen molar-refractivity contribution in [3.63, 3.8) is 0 Å². The van der Waals surface area contributed by atoms with Crippen LogP contribution in [0.5, 0.6) is 0 Å². The average Bonchev–Trinajstić information content (AvgIpc) is 3.30. The molecule has 1 aliphatic rings. The van der Waals surface area contributed by atoms with E-state index in [1.807, 2.05) is 0 Å². The van der Waals surface area contributed by atoms with Gasteiger partial charge in [0.2, 0.25) is 0 Å². The summed E-state index contributed by atoms with van der Waals surface area (Å²) in [5.74, 6) is 0. The molecule has 0 aromatic carbocycles. The van der Waals surface area contributed by atoms with Crippen molar-refractivity contribution in [1.29, 1.82) is 0 Å². The summed E-state index contributed by atoms with van der Waals surface area (Å²) < 4.78 is 5.21. The SMILES string of the molecule is Br.CCCCCCCCCCCCCCC(C)NCC1CO1. The number of halogens is 1. The van der Waals surface area contributed by atoms with E-state index in [4.69, 9.17) is 4.74 Å². The van der Waals surface area contributed by atoms with Crippen molar-refractivity contribution in [3.8, 4) is 0 Å². The Hall–Kier alpha value is 0.400. The molecule has 134 valence electrons. The van der Waals surface area contributed by atoms with Gasteiger partial charge in [-0.1, -0.05) is 84.0 Å². The maximum absolute atomic E-state index is 5.21. The third-order valence-electron chi connectivity index (χ3n) is 4.59. The minimum absolute atomic E-state index is 0. The van der Waals surface area contributed by atoms with E-state index in [0.29, 0.717) is 12.1 Å². The normalized spacial score (nSPS) is 18.0. The summed E-state index contributed by atoms with van der Waals surface area (Å²) in [7, 11) is 0. The topological polar surface area (TPSA) is 24.6 Å². The summed E-state index contributed by atoms with van der Waals surface area (Å²) in [6, 6.07) is 0.664. The van der Waals surface area contributed by atoms with Gasteiger partial charge < -0.3 is 10.1 Å². The molecule has 0 aliphatic carbocycles. The summed E-state index contributed by atoms with van der Waals surface area (Å²) in [4.78, 5) is 0. The predicted octanol–water partition coefficient (Wildman–Crippen LogP) is 6.03. The fraction of sp³-hybridized carbons (Fsp3) is 1.00. The van der Waals surface area contributed by atoms with Gasteiger partial charge in [0.25, 0.3) is 0 Å². The minimum Gasteiger partial charge on any atom is -0.372 e. The van der Waals surface area contributed by atoms with Crippen LogP contribution < -0.4 is 5.32 Å². The molecule has 0 saturated carbocycles. The molecule has 2 unspecified atom stereocenters. The second-order valence-electron chi connectivity index (χ2n) is 6.94. The van der Waals surface area contributed by atoms with Gasteiger partial charge in [-0.2, -0.15) is 0 Å². The van der Waals surface area contributed by atoms with E-state index < -0.39 is 0 Å². The Morgan fingerprint density at radius 3 is 1.77 bits per heavy atom. The van der Waals surface area contributed by atoms with E-state index in [9.17, 15) is 0 Å². The maximum atomic E-state index is 5.21. The molecular formula is C19H40BrNO. The van der Waals surface area contributed by atoms with Gasteiger partial charge in [0, 0.05) is 12.6 Å². The van der Waals surface area contributed by atoms with Crippen LogP contribution in [-0.4, -0.2) is 25.3 Å². The first kappa shape index (κ1) is 22.4. The molecule has 2 nitrogen and oxygen atoms in total. The second-order valence-corrected chi connectivity index (χ2v) is 6.94. The van der Waals surface area contributed by atoms with Crippen molar-refractivity contribution in [1.82, 2.24) is 5.32 Å². The third-order valence-corrected chi connectivity index (χ3v) is 4.59. The minimum atomic E-state index is 0. The third kappa shape index (κ3) is 15.3.